The Morgan fingerprint density at radius 2 is 1.85 bits per heavy atom. The molecule has 0 bridgehead atoms. The van der Waals surface area contributed by atoms with E-state index in [-0.39, 0.29) is 28.1 Å². The van der Waals surface area contributed by atoms with Gasteiger partial charge in [0.2, 0.25) is 0 Å². The predicted octanol–water partition coefficient (Wildman–Crippen LogP) is 4.63. The fraction of sp³-hybridized carbons (Fsp3) is 0.385. The summed E-state index contributed by atoms with van der Waals surface area (Å²) in [5.74, 6) is -0.930. The number of hydrogen-bond donors (Lipinski definition) is 2. The standard InChI is InChI=1S/C26H27ClN2O5/c1-28-11-12-34-21-10-8-16(14-19(21)28)24(31)22-23(15-7-9-20(30)18(27)13-15)29(26(33)25(22)32)17-5-3-2-4-6-17/h7-10,13-14,17,23,30-31H,2-6,11-12H2,1H3/b24-22-. The first-order valence-corrected chi connectivity index (χ1v) is 12.0. The second kappa shape index (κ2) is 8.87. The molecule has 34 heavy (non-hydrogen) atoms. The number of likely N-dealkylation sites (N-methyl/N-ethyl adjacent to an activating group) is 1. The van der Waals surface area contributed by atoms with Crippen molar-refractivity contribution in [2.24, 2.45) is 0 Å². The lowest BCUT2D eigenvalue weighted by molar-refractivity contribution is -0.141. The molecule has 2 aromatic rings. The average Bonchev–Trinajstić information content (AvgIpc) is 3.11. The van der Waals surface area contributed by atoms with Gasteiger partial charge in [-0.15, -0.1) is 0 Å². The van der Waals surface area contributed by atoms with Crippen molar-refractivity contribution in [1.82, 2.24) is 4.90 Å². The molecule has 1 saturated carbocycles. The number of carbonyl (C=O) groups is 2. The van der Waals surface area contributed by atoms with Crippen molar-refractivity contribution in [3.05, 3.63) is 58.1 Å². The van der Waals surface area contributed by atoms with Crippen molar-refractivity contribution in [3.63, 3.8) is 0 Å². The van der Waals surface area contributed by atoms with Crippen LogP contribution >= 0.6 is 11.6 Å². The summed E-state index contributed by atoms with van der Waals surface area (Å²) in [6.45, 7) is 1.28. The molecule has 2 aliphatic heterocycles. The maximum atomic E-state index is 13.3. The van der Waals surface area contributed by atoms with E-state index in [0.29, 0.717) is 30.0 Å². The van der Waals surface area contributed by atoms with E-state index in [1.54, 1.807) is 35.2 Å². The van der Waals surface area contributed by atoms with E-state index >= 15 is 0 Å². The van der Waals surface area contributed by atoms with E-state index < -0.39 is 17.7 Å². The molecule has 2 N–H and O–H groups in total. The Hall–Kier alpha value is -3.19. The highest BCUT2D eigenvalue weighted by atomic mass is 35.5. The molecule has 8 heteroatoms. The second-order valence-corrected chi connectivity index (χ2v) is 9.57. The third-order valence-electron chi connectivity index (χ3n) is 7.06. The van der Waals surface area contributed by atoms with Gasteiger partial charge in [-0.1, -0.05) is 36.9 Å². The lowest BCUT2D eigenvalue weighted by atomic mass is 9.91. The lowest BCUT2D eigenvalue weighted by Gasteiger charge is -2.35. The van der Waals surface area contributed by atoms with E-state index in [1.807, 2.05) is 11.9 Å². The number of anilines is 1. The summed E-state index contributed by atoms with van der Waals surface area (Å²) in [4.78, 5) is 30.3. The fourth-order valence-corrected chi connectivity index (χ4v) is 5.45. The molecule has 1 unspecified atom stereocenters. The zero-order valence-electron chi connectivity index (χ0n) is 19.0. The number of aromatic hydroxyl groups is 1. The highest BCUT2D eigenvalue weighted by Crippen LogP contribution is 2.45. The lowest BCUT2D eigenvalue weighted by Crippen LogP contribution is -2.40. The van der Waals surface area contributed by atoms with Gasteiger partial charge in [0.25, 0.3) is 11.7 Å². The van der Waals surface area contributed by atoms with Crippen LogP contribution in [0.25, 0.3) is 5.76 Å². The minimum Gasteiger partial charge on any atom is -0.507 e. The van der Waals surface area contributed by atoms with E-state index in [2.05, 4.69) is 0 Å². The first kappa shape index (κ1) is 22.6. The number of fused-ring (bicyclic) bond motifs is 1. The van der Waals surface area contributed by atoms with Gasteiger partial charge in [0, 0.05) is 18.7 Å². The summed E-state index contributed by atoms with van der Waals surface area (Å²) in [5, 5.41) is 21.5. The molecule has 2 heterocycles. The molecule has 1 amide bonds. The number of carbonyl (C=O) groups excluding carboxylic acids is 2. The molecule has 1 aliphatic carbocycles. The number of rotatable bonds is 3. The minimum absolute atomic E-state index is 0.0386. The number of nitrogens with zero attached hydrogens (tertiary/aromatic N) is 2. The highest BCUT2D eigenvalue weighted by Gasteiger charge is 2.49. The Morgan fingerprint density at radius 1 is 1.09 bits per heavy atom. The summed E-state index contributed by atoms with van der Waals surface area (Å²) >= 11 is 6.20. The predicted molar refractivity (Wildman–Crippen MR) is 129 cm³/mol. The first-order chi connectivity index (χ1) is 16.4. The number of aliphatic hydroxyl groups excluding tert-OH is 1. The number of benzene rings is 2. The molecular formula is C26H27ClN2O5. The number of likely N-dealkylation sites (tertiary alicyclic amines) is 1. The van der Waals surface area contributed by atoms with E-state index in [0.717, 1.165) is 37.8 Å². The van der Waals surface area contributed by atoms with Crippen molar-refractivity contribution in [3.8, 4) is 11.5 Å². The first-order valence-electron chi connectivity index (χ1n) is 11.6. The fourth-order valence-electron chi connectivity index (χ4n) is 5.26. The van der Waals surface area contributed by atoms with Gasteiger partial charge >= 0.3 is 0 Å². The summed E-state index contributed by atoms with van der Waals surface area (Å²) in [5.41, 5.74) is 1.86. The van der Waals surface area contributed by atoms with E-state index in [9.17, 15) is 19.8 Å². The van der Waals surface area contributed by atoms with Gasteiger partial charge in [-0.3, -0.25) is 9.59 Å². The largest absolute Gasteiger partial charge is 0.507 e. The second-order valence-electron chi connectivity index (χ2n) is 9.16. The normalized spacial score (nSPS) is 22.6. The Labute approximate surface area is 203 Å². The smallest absolute Gasteiger partial charge is 0.295 e. The zero-order chi connectivity index (χ0) is 24.0. The van der Waals surface area contributed by atoms with Gasteiger partial charge in [-0.2, -0.15) is 0 Å². The molecule has 178 valence electrons. The van der Waals surface area contributed by atoms with Gasteiger partial charge < -0.3 is 24.7 Å². The van der Waals surface area contributed by atoms with Crippen molar-refractivity contribution in [2.45, 2.75) is 44.2 Å². The number of phenolic OH excluding ortho intramolecular Hbond substituents is 1. The molecule has 0 aromatic heterocycles. The van der Waals surface area contributed by atoms with Crippen molar-refractivity contribution >= 4 is 34.7 Å². The Kier molecular flexibility index (Phi) is 5.90. The van der Waals surface area contributed by atoms with Gasteiger partial charge in [0.05, 0.1) is 28.9 Å². The summed E-state index contributed by atoms with van der Waals surface area (Å²) in [7, 11) is 1.94. The van der Waals surface area contributed by atoms with Crippen LogP contribution in [0.1, 0.15) is 49.3 Å². The molecule has 0 radical (unpaired) electrons. The number of aliphatic hydroxyl groups is 1. The Morgan fingerprint density at radius 3 is 2.59 bits per heavy atom. The number of halogens is 1. The van der Waals surface area contributed by atoms with Crippen LogP contribution in [0, 0.1) is 0 Å². The van der Waals surface area contributed by atoms with Gasteiger partial charge in [0.15, 0.2) is 0 Å². The molecule has 0 spiro atoms. The van der Waals surface area contributed by atoms with Crippen LogP contribution in [0.3, 0.4) is 0 Å². The zero-order valence-corrected chi connectivity index (χ0v) is 19.7. The van der Waals surface area contributed by atoms with Crippen molar-refractivity contribution in [2.75, 3.05) is 25.1 Å². The number of ether oxygens (including phenoxy) is 1. The van der Waals surface area contributed by atoms with E-state index in [1.165, 1.54) is 6.07 Å². The SMILES string of the molecule is CN1CCOc2ccc(/C(O)=C3/C(=O)C(=O)N(C4CCCCC4)C3c3ccc(O)c(Cl)c3)cc21. The third-order valence-corrected chi connectivity index (χ3v) is 7.37. The van der Waals surface area contributed by atoms with Crippen LogP contribution < -0.4 is 9.64 Å². The maximum absolute atomic E-state index is 13.3. The van der Waals surface area contributed by atoms with Gasteiger partial charge in [-0.05, 0) is 48.7 Å². The topological polar surface area (TPSA) is 90.3 Å². The van der Waals surface area contributed by atoms with Gasteiger partial charge in [0.1, 0.15) is 23.9 Å². The molecule has 3 aliphatic rings. The highest BCUT2D eigenvalue weighted by molar-refractivity contribution is 6.46. The van der Waals surface area contributed by atoms with Crippen LogP contribution in [0.2, 0.25) is 5.02 Å². The van der Waals surface area contributed by atoms with Crippen LogP contribution in [-0.2, 0) is 9.59 Å². The van der Waals surface area contributed by atoms with Crippen molar-refractivity contribution < 1.29 is 24.5 Å². The van der Waals surface area contributed by atoms with Crippen LogP contribution in [0.15, 0.2) is 42.0 Å². The summed E-state index contributed by atoms with van der Waals surface area (Å²) < 4.78 is 5.70. The third kappa shape index (κ3) is 3.78. The van der Waals surface area contributed by atoms with Crippen molar-refractivity contribution in [1.29, 1.82) is 0 Å². The number of Topliss-reactive ketones (excluding diaryl/α,β-unsaturated/α-hetero) is 1. The molecular weight excluding hydrogens is 456 g/mol. The molecule has 5 rings (SSSR count). The number of hydrogen-bond acceptors (Lipinski definition) is 6. The Bertz CT molecular complexity index is 1190. The van der Waals surface area contributed by atoms with Crippen LogP contribution in [0.4, 0.5) is 5.69 Å². The van der Waals surface area contributed by atoms with Gasteiger partial charge in [-0.25, -0.2) is 0 Å². The average molecular weight is 483 g/mol. The molecule has 2 aromatic carbocycles. The number of phenols is 1. The quantitative estimate of drug-likeness (QED) is 0.376. The van der Waals surface area contributed by atoms with E-state index in [4.69, 9.17) is 16.3 Å². The molecule has 1 atom stereocenters. The number of ketones is 1. The summed E-state index contributed by atoms with van der Waals surface area (Å²) in [6, 6.07) is 9.01. The monoisotopic (exact) mass is 482 g/mol. The van der Waals surface area contributed by atoms with Crippen LogP contribution in [0.5, 0.6) is 11.5 Å². The maximum Gasteiger partial charge on any atom is 0.295 e. The molecule has 7 nitrogen and oxygen atoms in total. The molecule has 2 fully saturated rings. The number of amides is 1. The minimum atomic E-state index is -0.786. The summed E-state index contributed by atoms with van der Waals surface area (Å²) in [6.07, 6.45) is 4.66. The molecule has 1 saturated heterocycles. The van der Waals surface area contributed by atoms with Crippen LogP contribution in [-0.4, -0.2) is 53.0 Å². The Balaban J connectivity index is 1.66.